The molecule has 3 aromatic rings. The quantitative estimate of drug-likeness (QED) is 0.737. The van der Waals surface area contributed by atoms with Crippen molar-refractivity contribution in [2.75, 3.05) is 5.32 Å². The largest absolute Gasteiger partial charge is 0.364 e. The molecule has 3 aromatic heterocycles. The van der Waals surface area contributed by atoms with Gasteiger partial charge in [0.05, 0.1) is 11.9 Å². The molecule has 6 heteroatoms. The van der Waals surface area contributed by atoms with Gasteiger partial charge in [-0.05, 0) is 34.5 Å². The summed E-state index contributed by atoms with van der Waals surface area (Å²) in [5.41, 5.74) is 0. The van der Waals surface area contributed by atoms with E-state index in [1.165, 1.54) is 4.88 Å². The summed E-state index contributed by atoms with van der Waals surface area (Å²) in [6, 6.07) is 6.13. The van der Waals surface area contributed by atoms with Gasteiger partial charge in [0, 0.05) is 4.88 Å². The van der Waals surface area contributed by atoms with Crippen molar-refractivity contribution < 1.29 is 0 Å². The van der Waals surface area contributed by atoms with Gasteiger partial charge in [-0.3, -0.25) is 0 Å². The van der Waals surface area contributed by atoms with E-state index in [1.807, 2.05) is 17.5 Å². The van der Waals surface area contributed by atoms with Crippen LogP contribution in [0, 0.1) is 0 Å². The molecule has 1 N–H and O–H groups in total. The molecule has 0 amide bonds. The van der Waals surface area contributed by atoms with E-state index < -0.39 is 0 Å². The van der Waals surface area contributed by atoms with Gasteiger partial charge >= 0.3 is 0 Å². The number of nitrogens with zero attached hydrogens (tertiary/aromatic N) is 2. The molecule has 3 heterocycles. The van der Waals surface area contributed by atoms with E-state index in [2.05, 4.69) is 26.7 Å². The molecule has 0 radical (unpaired) electrons. The van der Waals surface area contributed by atoms with Crippen molar-refractivity contribution in [3.05, 3.63) is 39.1 Å². The minimum absolute atomic E-state index is 0.286. The second kappa shape index (κ2) is 4.60. The minimum Gasteiger partial charge on any atom is -0.364 e. The van der Waals surface area contributed by atoms with Crippen LogP contribution in [0.4, 0.5) is 5.82 Å². The minimum atomic E-state index is 0.286. The second-order valence-electron chi connectivity index (χ2n) is 3.41. The third kappa shape index (κ3) is 2.26. The van der Waals surface area contributed by atoms with Crippen LogP contribution in [0.1, 0.15) is 4.88 Å². The van der Waals surface area contributed by atoms with Crippen molar-refractivity contribution in [1.29, 1.82) is 0 Å². The van der Waals surface area contributed by atoms with Gasteiger partial charge in [-0.1, -0.05) is 6.07 Å². The lowest BCUT2D eigenvalue weighted by Gasteiger charge is -2.05. The Kier molecular flexibility index (Phi) is 2.96. The Labute approximate surface area is 111 Å². The number of anilines is 1. The maximum absolute atomic E-state index is 5.89. The van der Waals surface area contributed by atoms with E-state index in [0.29, 0.717) is 0 Å². The van der Waals surface area contributed by atoms with Crippen molar-refractivity contribution in [3.63, 3.8) is 0 Å². The smallest absolute Gasteiger partial charge is 0.225 e. The Bertz CT molecular complexity index is 633. The normalized spacial score (nSPS) is 10.9. The summed E-state index contributed by atoms with van der Waals surface area (Å²) in [7, 11) is 0. The van der Waals surface area contributed by atoms with Gasteiger partial charge in [0.1, 0.15) is 10.6 Å². The summed E-state index contributed by atoms with van der Waals surface area (Å²) in [6.45, 7) is 0.760. The fourth-order valence-electron chi connectivity index (χ4n) is 1.55. The van der Waals surface area contributed by atoms with Crippen LogP contribution in [-0.2, 0) is 6.54 Å². The Morgan fingerprint density at radius 2 is 2.12 bits per heavy atom. The molecular weight excluding hydrogens is 274 g/mol. The SMILES string of the molecule is Clc1nc(NCc2cccs2)c2ccsc2n1. The first kappa shape index (κ1) is 11.0. The molecule has 17 heavy (non-hydrogen) atoms. The number of thiophene rings is 2. The van der Waals surface area contributed by atoms with E-state index >= 15 is 0 Å². The molecular formula is C11H8ClN3S2. The number of nitrogens with one attached hydrogen (secondary N) is 1. The van der Waals surface area contributed by atoms with Gasteiger partial charge in [-0.15, -0.1) is 22.7 Å². The molecule has 0 atom stereocenters. The average Bonchev–Trinajstić information content (AvgIpc) is 2.95. The summed E-state index contributed by atoms with van der Waals surface area (Å²) < 4.78 is 0. The maximum Gasteiger partial charge on any atom is 0.225 e. The Morgan fingerprint density at radius 1 is 1.18 bits per heavy atom. The van der Waals surface area contributed by atoms with Crippen molar-refractivity contribution in [2.45, 2.75) is 6.54 Å². The Morgan fingerprint density at radius 3 is 2.94 bits per heavy atom. The van der Waals surface area contributed by atoms with Gasteiger partial charge in [0.15, 0.2) is 0 Å². The highest BCUT2D eigenvalue weighted by Crippen LogP contribution is 2.26. The third-order valence-corrected chi connectivity index (χ3v) is 4.16. The third-order valence-electron chi connectivity index (χ3n) is 2.31. The average molecular weight is 282 g/mol. The number of aromatic nitrogens is 2. The predicted octanol–water partition coefficient (Wildman–Crippen LogP) is 4.02. The van der Waals surface area contributed by atoms with Gasteiger partial charge in [-0.25, -0.2) is 9.97 Å². The number of hydrogen-bond donors (Lipinski definition) is 1. The van der Waals surface area contributed by atoms with Crippen molar-refractivity contribution >= 4 is 50.3 Å². The molecule has 0 spiro atoms. The van der Waals surface area contributed by atoms with Crippen LogP contribution in [0.3, 0.4) is 0 Å². The van der Waals surface area contributed by atoms with E-state index in [9.17, 15) is 0 Å². The monoisotopic (exact) mass is 281 g/mol. The van der Waals surface area contributed by atoms with E-state index in [4.69, 9.17) is 11.6 Å². The molecule has 0 aliphatic carbocycles. The lowest BCUT2D eigenvalue weighted by Crippen LogP contribution is -2.01. The first-order valence-electron chi connectivity index (χ1n) is 5.00. The Balaban J connectivity index is 1.91. The van der Waals surface area contributed by atoms with Crippen LogP contribution in [0.2, 0.25) is 5.28 Å². The molecule has 0 unspecified atom stereocenters. The number of fused-ring (bicyclic) bond motifs is 1. The summed E-state index contributed by atoms with van der Waals surface area (Å²) in [6.07, 6.45) is 0. The lowest BCUT2D eigenvalue weighted by molar-refractivity contribution is 1.13. The van der Waals surface area contributed by atoms with E-state index in [-0.39, 0.29) is 5.28 Å². The zero-order valence-corrected chi connectivity index (χ0v) is 11.1. The first-order chi connectivity index (χ1) is 8.33. The fraction of sp³-hybridized carbons (Fsp3) is 0.0909. The molecule has 3 nitrogen and oxygen atoms in total. The molecule has 0 saturated carbocycles. The second-order valence-corrected chi connectivity index (χ2v) is 5.68. The molecule has 0 saturated heterocycles. The van der Waals surface area contributed by atoms with Crippen LogP contribution < -0.4 is 5.32 Å². The zero-order valence-electron chi connectivity index (χ0n) is 8.68. The van der Waals surface area contributed by atoms with E-state index in [1.54, 1.807) is 22.7 Å². The van der Waals surface area contributed by atoms with Crippen LogP contribution in [0.5, 0.6) is 0 Å². The number of rotatable bonds is 3. The van der Waals surface area contributed by atoms with Gasteiger partial charge in [0.25, 0.3) is 0 Å². The number of hydrogen-bond acceptors (Lipinski definition) is 5. The fourth-order valence-corrected chi connectivity index (χ4v) is 3.18. The predicted molar refractivity (Wildman–Crippen MR) is 74.1 cm³/mol. The van der Waals surface area contributed by atoms with Gasteiger partial charge < -0.3 is 5.32 Å². The summed E-state index contributed by atoms with van der Waals surface area (Å²) in [5.74, 6) is 0.801. The molecule has 0 bridgehead atoms. The summed E-state index contributed by atoms with van der Waals surface area (Å²) in [4.78, 5) is 10.6. The first-order valence-corrected chi connectivity index (χ1v) is 7.13. The standard InChI is InChI=1S/C11H8ClN3S2/c12-11-14-9(8-3-5-17-10(8)15-11)13-6-7-2-1-4-16-7/h1-5H,6H2,(H,13,14,15). The maximum atomic E-state index is 5.89. The highest BCUT2D eigenvalue weighted by Gasteiger charge is 2.07. The summed E-state index contributed by atoms with van der Waals surface area (Å²) >= 11 is 9.17. The molecule has 3 rings (SSSR count). The van der Waals surface area contributed by atoms with Crippen molar-refractivity contribution in [2.24, 2.45) is 0 Å². The van der Waals surface area contributed by atoms with Crippen LogP contribution in [-0.4, -0.2) is 9.97 Å². The molecule has 0 aromatic carbocycles. The van der Waals surface area contributed by atoms with E-state index in [0.717, 1.165) is 22.6 Å². The lowest BCUT2D eigenvalue weighted by atomic mass is 10.3. The molecule has 0 fully saturated rings. The van der Waals surface area contributed by atoms with Gasteiger partial charge in [0.2, 0.25) is 5.28 Å². The highest BCUT2D eigenvalue weighted by molar-refractivity contribution is 7.16. The van der Waals surface area contributed by atoms with Crippen molar-refractivity contribution in [1.82, 2.24) is 9.97 Å². The number of halogens is 1. The molecule has 0 aliphatic heterocycles. The van der Waals surface area contributed by atoms with Crippen molar-refractivity contribution in [3.8, 4) is 0 Å². The molecule has 0 aliphatic rings. The highest BCUT2D eigenvalue weighted by atomic mass is 35.5. The molecule has 86 valence electrons. The summed E-state index contributed by atoms with van der Waals surface area (Å²) in [5, 5.41) is 8.66. The topological polar surface area (TPSA) is 37.8 Å². The Hall–Kier alpha value is -1.17. The van der Waals surface area contributed by atoms with Crippen LogP contribution in [0.25, 0.3) is 10.2 Å². The zero-order chi connectivity index (χ0) is 11.7. The van der Waals surface area contributed by atoms with Crippen LogP contribution >= 0.6 is 34.3 Å². The van der Waals surface area contributed by atoms with Gasteiger partial charge in [-0.2, -0.15) is 0 Å². The van der Waals surface area contributed by atoms with Crippen LogP contribution in [0.15, 0.2) is 29.0 Å².